The van der Waals surface area contributed by atoms with Gasteiger partial charge in [-0.2, -0.15) is 0 Å². The Morgan fingerprint density at radius 3 is 2.68 bits per heavy atom. The highest BCUT2D eigenvalue weighted by atomic mass is 35.5. The highest BCUT2D eigenvalue weighted by Gasteiger charge is 2.13. The number of rotatable bonds is 4. The van der Waals surface area contributed by atoms with Crippen LogP contribution in [0.15, 0.2) is 42.5 Å². The van der Waals surface area contributed by atoms with Crippen molar-refractivity contribution in [3.63, 3.8) is 0 Å². The number of hydrogen-bond acceptors (Lipinski definition) is 2. The zero-order chi connectivity index (χ0) is 13.8. The largest absolute Gasteiger partial charge is 0.394 e. The highest BCUT2D eigenvalue weighted by molar-refractivity contribution is 6.30. The third-order valence-corrected chi connectivity index (χ3v) is 3.19. The van der Waals surface area contributed by atoms with E-state index in [9.17, 15) is 9.50 Å². The molecule has 2 aromatic carbocycles. The number of benzene rings is 2. The molecule has 0 spiro atoms. The van der Waals surface area contributed by atoms with Crippen molar-refractivity contribution in [3.05, 3.63) is 64.4 Å². The second-order valence-corrected chi connectivity index (χ2v) is 4.83. The van der Waals surface area contributed by atoms with Gasteiger partial charge in [0.25, 0.3) is 0 Å². The number of aliphatic hydroxyl groups is 1. The van der Waals surface area contributed by atoms with E-state index in [1.807, 2.05) is 19.1 Å². The maximum Gasteiger partial charge on any atom is 0.125 e. The summed E-state index contributed by atoms with van der Waals surface area (Å²) in [5, 5.41) is 13.3. The van der Waals surface area contributed by atoms with Crippen molar-refractivity contribution in [2.24, 2.45) is 0 Å². The Bertz CT molecular complexity index is 574. The van der Waals surface area contributed by atoms with Gasteiger partial charge in [-0.1, -0.05) is 23.7 Å². The van der Waals surface area contributed by atoms with Crippen LogP contribution in [-0.4, -0.2) is 11.7 Å². The molecule has 2 aromatic rings. The van der Waals surface area contributed by atoms with Crippen LogP contribution in [0.25, 0.3) is 0 Å². The van der Waals surface area contributed by atoms with Crippen molar-refractivity contribution in [2.75, 3.05) is 11.9 Å². The summed E-state index contributed by atoms with van der Waals surface area (Å²) in [6.45, 7) is 1.84. The third-order valence-electron chi connectivity index (χ3n) is 2.96. The van der Waals surface area contributed by atoms with Crippen molar-refractivity contribution in [3.8, 4) is 0 Å². The van der Waals surface area contributed by atoms with Crippen LogP contribution in [0.3, 0.4) is 0 Å². The molecule has 0 aliphatic heterocycles. The Morgan fingerprint density at radius 1 is 1.26 bits per heavy atom. The number of aliphatic hydroxyl groups excluding tert-OH is 1. The Morgan fingerprint density at radius 2 is 2.05 bits per heavy atom. The first-order chi connectivity index (χ1) is 9.10. The molecule has 0 aliphatic carbocycles. The number of aryl methyl sites for hydroxylation is 1. The average Bonchev–Trinajstić information content (AvgIpc) is 2.37. The normalized spacial score (nSPS) is 12.2. The first-order valence-electron chi connectivity index (χ1n) is 5.99. The fourth-order valence-electron chi connectivity index (χ4n) is 2.03. The van der Waals surface area contributed by atoms with Crippen LogP contribution in [-0.2, 0) is 0 Å². The lowest BCUT2D eigenvalue weighted by molar-refractivity contribution is 0.276. The van der Waals surface area contributed by atoms with Gasteiger partial charge in [0, 0.05) is 10.7 Å². The van der Waals surface area contributed by atoms with E-state index in [2.05, 4.69) is 5.32 Å². The van der Waals surface area contributed by atoms with Crippen LogP contribution in [0.4, 0.5) is 10.1 Å². The van der Waals surface area contributed by atoms with Gasteiger partial charge in [-0.05, 0) is 48.4 Å². The molecule has 100 valence electrons. The number of halogens is 2. The monoisotopic (exact) mass is 279 g/mol. The predicted octanol–water partition coefficient (Wildman–Crippen LogP) is 3.93. The maximum absolute atomic E-state index is 13.1. The first-order valence-corrected chi connectivity index (χ1v) is 6.37. The summed E-state index contributed by atoms with van der Waals surface area (Å²) in [5.74, 6) is -0.311. The van der Waals surface area contributed by atoms with Crippen LogP contribution in [0.1, 0.15) is 17.2 Å². The van der Waals surface area contributed by atoms with Crippen LogP contribution in [0, 0.1) is 12.7 Å². The fraction of sp³-hybridized carbons (Fsp3) is 0.200. The fourth-order valence-corrected chi connectivity index (χ4v) is 2.26. The van der Waals surface area contributed by atoms with Crippen molar-refractivity contribution >= 4 is 17.3 Å². The summed E-state index contributed by atoms with van der Waals surface area (Å²) in [5.41, 5.74) is 2.56. The molecule has 19 heavy (non-hydrogen) atoms. The minimum Gasteiger partial charge on any atom is -0.394 e. The van der Waals surface area contributed by atoms with Crippen LogP contribution < -0.4 is 5.32 Å². The van der Waals surface area contributed by atoms with Gasteiger partial charge in [0.2, 0.25) is 0 Å². The van der Waals surface area contributed by atoms with Crippen LogP contribution in [0.2, 0.25) is 5.02 Å². The SMILES string of the molecule is Cc1cc(Cl)ccc1C(CO)Nc1cccc(F)c1. The smallest absolute Gasteiger partial charge is 0.125 e. The van der Waals surface area contributed by atoms with Crippen molar-refractivity contribution in [2.45, 2.75) is 13.0 Å². The Balaban J connectivity index is 2.25. The quantitative estimate of drug-likeness (QED) is 0.889. The van der Waals surface area contributed by atoms with Gasteiger partial charge in [-0.15, -0.1) is 0 Å². The zero-order valence-electron chi connectivity index (χ0n) is 10.5. The maximum atomic E-state index is 13.1. The minimum absolute atomic E-state index is 0.0843. The van der Waals surface area contributed by atoms with Gasteiger partial charge in [-0.25, -0.2) is 4.39 Å². The van der Waals surface area contributed by atoms with Crippen molar-refractivity contribution < 1.29 is 9.50 Å². The highest BCUT2D eigenvalue weighted by Crippen LogP contribution is 2.24. The van der Waals surface area contributed by atoms with E-state index in [1.54, 1.807) is 18.2 Å². The molecule has 0 bridgehead atoms. The Hall–Kier alpha value is -1.58. The topological polar surface area (TPSA) is 32.3 Å². The molecule has 2 N–H and O–H groups in total. The predicted molar refractivity (Wildman–Crippen MR) is 76.0 cm³/mol. The first kappa shape index (κ1) is 13.8. The van der Waals surface area contributed by atoms with E-state index in [4.69, 9.17) is 11.6 Å². The minimum atomic E-state index is -0.311. The van der Waals surface area contributed by atoms with E-state index in [0.29, 0.717) is 10.7 Å². The van der Waals surface area contributed by atoms with Gasteiger partial charge in [0.05, 0.1) is 12.6 Å². The molecule has 2 nitrogen and oxygen atoms in total. The summed E-state index contributed by atoms with van der Waals surface area (Å²) in [6, 6.07) is 11.4. The van der Waals surface area contributed by atoms with Gasteiger partial charge in [0.1, 0.15) is 5.82 Å². The summed E-state index contributed by atoms with van der Waals surface area (Å²) in [6.07, 6.45) is 0. The molecular formula is C15H15ClFNO. The van der Waals surface area contributed by atoms with Gasteiger partial charge >= 0.3 is 0 Å². The van der Waals surface area contributed by atoms with Gasteiger partial charge in [0.15, 0.2) is 0 Å². The molecule has 1 atom stereocenters. The summed E-state index contributed by atoms with van der Waals surface area (Å²) >= 11 is 5.91. The van der Waals surface area contributed by atoms with E-state index in [-0.39, 0.29) is 18.5 Å². The molecular weight excluding hydrogens is 265 g/mol. The molecule has 0 radical (unpaired) electrons. The number of anilines is 1. The molecule has 0 saturated heterocycles. The van der Waals surface area contributed by atoms with E-state index >= 15 is 0 Å². The summed E-state index contributed by atoms with van der Waals surface area (Å²) < 4.78 is 13.1. The molecule has 0 fully saturated rings. The molecule has 0 heterocycles. The molecule has 0 amide bonds. The Labute approximate surface area is 116 Å². The average molecular weight is 280 g/mol. The lowest BCUT2D eigenvalue weighted by atomic mass is 10.0. The van der Waals surface area contributed by atoms with Gasteiger partial charge < -0.3 is 10.4 Å². The van der Waals surface area contributed by atoms with Crippen molar-refractivity contribution in [1.29, 1.82) is 0 Å². The molecule has 1 unspecified atom stereocenters. The lowest BCUT2D eigenvalue weighted by Gasteiger charge is -2.20. The van der Waals surface area contributed by atoms with E-state index < -0.39 is 0 Å². The second kappa shape index (κ2) is 6.04. The molecule has 0 aliphatic rings. The van der Waals surface area contributed by atoms with Crippen LogP contribution >= 0.6 is 11.6 Å². The number of nitrogens with one attached hydrogen (secondary N) is 1. The molecule has 4 heteroatoms. The second-order valence-electron chi connectivity index (χ2n) is 4.39. The molecule has 0 aromatic heterocycles. The van der Waals surface area contributed by atoms with Crippen molar-refractivity contribution in [1.82, 2.24) is 0 Å². The zero-order valence-corrected chi connectivity index (χ0v) is 11.3. The van der Waals surface area contributed by atoms with Crippen LogP contribution in [0.5, 0.6) is 0 Å². The molecule has 0 saturated carbocycles. The van der Waals surface area contributed by atoms with E-state index in [0.717, 1.165) is 11.1 Å². The Kier molecular flexibility index (Phi) is 4.40. The third kappa shape index (κ3) is 3.46. The standard InChI is InChI=1S/C15H15ClFNO/c1-10-7-11(16)5-6-14(10)15(9-19)18-13-4-2-3-12(17)8-13/h2-8,15,18-19H,9H2,1H3. The van der Waals surface area contributed by atoms with Gasteiger partial charge in [-0.3, -0.25) is 0 Å². The summed E-state index contributed by atoms with van der Waals surface area (Å²) in [4.78, 5) is 0. The number of hydrogen-bond donors (Lipinski definition) is 2. The summed E-state index contributed by atoms with van der Waals surface area (Å²) in [7, 11) is 0. The lowest BCUT2D eigenvalue weighted by Crippen LogP contribution is -2.16. The van der Waals surface area contributed by atoms with E-state index in [1.165, 1.54) is 12.1 Å². The molecule has 2 rings (SSSR count).